The van der Waals surface area contributed by atoms with Crippen molar-refractivity contribution in [3.63, 3.8) is 0 Å². The van der Waals surface area contributed by atoms with Crippen LogP contribution in [0.5, 0.6) is 0 Å². The second-order valence-electron chi connectivity index (χ2n) is 4.46. The van der Waals surface area contributed by atoms with Crippen LogP contribution in [0, 0.1) is 11.6 Å². The first-order valence-corrected chi connectivity index (χ1v) is 7.24. The molecule has 0 spiro atoms. The van der Waals surface area contributed by atoms with Crippen molar-refractivity contribution in [2.45, 2.75) is 12.5 Å². The van der Waals surface area contributed by atoms with Crippen LogP contribution in [0.1, 0.15) is 17.2 Å². The molecule has 0 heterocycles. The molecule has 2 rings (SSSR count). The molecule has 1 atom stereocenters. The Kier molecular flexibility index (Phi) is 5.13. The Morgan fingerprint density at radius 1 is 1.20 bits per heavy atom. The zero-order chi connectivity index (χ0) is 14.7. The van der Waals surface area contributed by atoms with E-state index in [0.717, 1.165) is 11.1 Å². The van der Waals surface area contributed by atoms with Gasteiger partial charge in [-0.3, -0.25) is 0 Å². The molecule has 1 unspecified atom stereocenters. The average molecular weight is 361 g/mol. The lowest BCUT2D eigenvalue weighted by atomic mass is 9.99. The maximum absolute atomic E-state index is 13.2. The number of hydrogen-bond acceptors (Lipinski definition) is 1. The Balaban J connectivity index is 2.26. The number of hydrogen-bond donors (Lipinski definition) is 1. The molecule has 0 aliphatic heterocycles. The normalized spacial score (nSPS) is 12.4. The average Bonchev–Trinajstić information content (AvgIpc) is 2.41. The second kappa shape index (κ2) is 6.66. The highest BCUT2D eigenvalue weighted by molar-refractivity contribution is 9.10. The van der Waals surface area contributed by atoms with E-state index in [-0.39, 0.29) is 16.9 Å². The quantitative estimate of drug-likeness (QED) is 0.819. The lowest BCUT2D eigenvalue weighted by molar-refractivity contribution is 0.581. The number of rotatable bonds is 4. The smallest absolute Gasteiger partial charge is 0.141 e. The first-order valence-electron chi connectivity index (χ1n) is 6.07. The second-order valence-corrected chi connectivity index (χ2v) is 5.72. The van der Waals surface area contributed by atoms with Crippen LogP contribution in [0.2, 0.25) is 5.02 Å². The van der Waals surface area contributed by atoms with E-state index in [1.165, 1.54) is 18.2 Å². The van der Waals surface area contributed by atoms with Crippen molar-refractivity contribution >= 4 is 27.5 Å². The van der Waals surface area contributed by atoms with E-state index in [4.69, 9.17) is 11.6 Å². The highest BCUT2D eigenvalue weighted by Crippen LogP contribution is 2.27. The van der Waals surface area contributed by atoms with Gasteiger partial charge in [0.15, 0.2) is 0 Å². The van der Waals surface area contributed by atoms with E-state index in [1.54, 1.807) is 18.2 Å². The molecule has 106 valence electrons. The minimum absolute atomic E-state index is 0.0218. The van der Waals surface area contributed by atoms with Crippen molar-refractivity contribution in [1.29, 1.82) is 0 Å². The summed E-state index contributed by atoms with van der Waals surface area (Å²) in [5.41, 5.74) is 1.85. The van der Waals surface area contributed by atoms with Crippen LogP contribution in [0.3, 0.4) is 0 Å². The van der Waals surface area contributed by atoms with Crippen LogP contribution >= 0.6 is 27.5 Å². The van der Waals surface area contributed by atoms with Crippen LogP contribution < -0.4 is 5.32 Å². The van der Waals surface area contributed by atoms with Gasteiger partial charge >= 0.3 is 0 Å². The van der Waals surface area contributed by atoms with Crippen LogP contribution in [0.15, 0.2) is 40.9 Å². The van der Waals surface area contributed by atoms with Gasteiger partial charge in [-0.15, -0.1) is 0 Å². The van der Waals surface area contributed by atoms with Crippen molar-refractivity contribution < 1.29 is 8.78 Å². The lowest BCUT2D eigenvalue weighted by Gasteiger charge is -2.18. The predicted octanol–water partition coefficient (Wildman–Crippen LogP) is 4.88. The van der Waals surface area contributed by atoms with Gasteiger partial charge in [-0.1, -0.05) is 39.7 Å². The van der Waals surface area contributed by atoms with Gasteiger partial charge in [0.05, 0.1) is 5.02 Å². The van der Waals surface area contributed by atoms with Gasteiger partial charge in [0.1, 0.15) is 11.6 Å². The van der Waals surface area contributed by atoms with Gasteiger partial charge in [-0.2, -0.15) is 0 Å². The molecule has 1 N–H and O–H groups in total. The Morgan fingerprint density at radius 2 is 1.95 bits per heavy atom. The topological polar surface area (TPSA) is 12.0 Å². The van der Waals surface area contributed by atoms with Crippen LogP contribution in [-0.4, -0.2) is 7.05 Å². The molecular weight excluding hydrogens is 348 g/mol. The summed E-state index contributed by atoms with van der Waals surface area (Å²) in [6.07, 6.45) is 0.626. The number of likely N-dealkylation sites (N-methyl/N-ethyl adjacent to an activating group) is 1. The van der Waals surface area contributed by atoms with E-state index < -0.39 is 5.82 Å². The summed E-state index contributed by atoms with van der Waals surface area (Å²) < 4.78 is 27.0. The van der Waals surface area contributed by atoms with Crippen LogP contribution in [0.25, 0.3) is 0 Å². The fourth-order valence-corrected chi connectivity index (χ4v) is 2.88. The summed E-state index contributed by atoms with van der Waals surface area (Å²) in [6.45, 7) is 0. The molecule has 20 heavy (non-hydrogen) atoms. The molecule has 0 amide bonds. The summed E-state index contributed by atoms with van der Waals surface area (Å²) in [5.74, 6) is -0.723. The minimum Gasteiger partial charge on any atom is -0.313 e. The SMILES string of the molecule is CNC(Cc1ccc(F)c(Cl)c1)c1ccc(F)cc1Br. The molecule has 5 heteroatoms. The zero-order valence-corrected chi connectivity index (χ0v) is 13.1. The van der Waals surface area contributed by atoms with E-state index in [1.807, 2.05) is 7.05 Å². The molecule has 0 bridgehead atoms. The maximum Gasteiger partial charge on any atom is 0.141 e. The van der Waals surface area contributed by atoms with E-state index >= 15 is 0 Å². The summed E-state index contributed by atoms with van der Waals surface area (Å²) >= 11 is 9.15. The van der Waals surface area contributed by atoms with E-state index in [9.17, 15) is 8.78 Å². The molecule has 0 radical (unpaired) electrons. The van der Waals surface area contributed by atoms with Crippen LogP contribution in [-0.2, 0) is 6.42 Å². The molecule has 1 nitrogen and oxygen atoms in total. The van der Waals surface area contributed by atoms with Gasteiger partial charge < -0.3 is 5.32 Å². The number of nitrogens with one attached hydrogen (secondary N) is 1. The number of benzene rings is 2. The molecule has 0 saturated heterocycles. The van der Waals surface area contributed by atoms with E-state index in [0.29, 0.717) is 10.9 Å². The standard InChI is InChI=1S/C15H13BrClF2N/c1-20-15(11-4-3-10(18)8-12(11)16)7-9-2-5-14(19)13(17)6-9/h2-6,8,15,20H,7H2,1H3. The zero-order valence-electron chi connectivity index (χ0n) is 10.8. The summed E-state index contributed by atoms with van der Waals surface area (Å²) in [5, 5.41) is 3.28. The molecule has 0 aromatic heterocycles. The maximum atomic E-state index is 13.2. The molecule has 0 fully saturated rings. The van der Waals surface area contributed by atoms with Crippen LogP contribution in [0.4, 0.5) is 8.78 Å². The Labute approximate surface area is 130 Å². The molecule has 0 aliphatic rings. The van der Waals surface area contributed by atoms with E-state index in [2.05, 4.69) is 21.2 Å². The third-order valence-corrected chi connectivity index (χ3v) is 4.09. The monoisotopic (exact) mass is 359 g/mol. The Hall–Kier alpha value is -0.970. The highest BCUT2D eigenvalue weighted by atomic mass is 79.9. The van der Waals surface area contributed by atoms with Crippen molar-refractivity contribution in [1.82, 2.24) is 5.32 Å². The molecular formula is C15H13BrClF2N. The summed E-state index contributed by atoms with van der Waals surface area (Å²) in [7, 11) is 1.82. The van der Waals surface area contributed by atoms with Gasteiger partial charge in [-0.05, 0) is 48.9 Å². The van der Waals surface area contributed by atoms with Crippen molar-refractivity contribution in [2.24, 2.45) is 0 Å². The van der Waals surface area contributed by atoms with Gasteiger partial charge in [0.25, 0.3) is 0 Å². The first kappa shape index (κ1) is 15.4. The summed E-state index contributed by atoms with van der Waals surface area (Å²) in [4.78, 5) is 0. The third kappa shape index (κ3) is 3.57. The van der Waals surface area contributed by atoms with Crippen molar-refractivity contribution in [3.05, 3.63) is 68.7 Å². The molecule has 0 aliphatic carbocycles. The largest absolute Gasteiger partial charge is 0.313 e. The van der Waals surface area contributed by atoms with Gasteiger partial charge in [-0.25, -0.2) is 8.78 Å². The van der Waals surface area contributed by atoms with Gasteiger partial charge in [0.2, 0.25) is 0 Å². The lowest BCUT2D eigenvalue weighted by Crippen LogP contribution is -2.19. The molecule has 2 aromatic rings. The minimum atomic E-state index is -0.431. The Morgan fingerprint density at radius 3 is 2.55 bits per heavy atom. The molecule has 0 saturated carbocycles. The fourth-order valence-electron chi connectivity index (χ4n) is 2.05. The Bertz CT molecular complexity index is 619. The number of halogens is 4. The first-order chi connectivity index (χ1) is 9.51. The van der Waals surface area contributed by atoms with Gasteiger partial charge in [0, 0.05) is 10.5 Å². The highest BCUT2D eigenvalue weighted by Gasteiger charge is 2.14. The molecule has 2 aromatic carbocycles. The van der Waals surface area contributed by atoms with Crippen molar-refractivity contribution in [3.8, 4) is 0 Å². The third-order valence-electron chi connectivity index (χ3n) is 3.11. The summed E-state index contributed by atoms with van der Waals surface area (Å²) in [6, 6.07) is 9.21. The fraction of sp³-hybridized carbons (Fsp3) is 0.200. The predicted molar refractivity (Wildman–Crippen MR) is 81.0 cm³/mol. The van der Waals surface area contributed by atoms with Crippen molar-refractivity contribution in [2.75, 3.05) is 7.05 Å².